The first-order chi connectivity index (χ1) is 13.6. The Morgan fingerprint density at radius 2 is 1.68 bits per heavy atom. The number of halogens is 1. The molecule has 0 saturated heterocycles. The second kappa shape index (κ2) is 9.12. The van der Waals surface area contributed by atoms with E-state index in [1.807, 2.05) is 78.7 Å². The molecule has 0 heterocycles. The molecule has 0 radical (unpaired) electrons. The molecule has 0 aliphatic rings. The van der Waals surface area contributed by atoms with E-state index in [1.165, 1.54) is 0 Å². The Bertz CT molecular complexity index is 1010. The summed E-state index contributed by atoms with van der Waals surface area (Å²) in [5.41, 5.74) is 1.74. The van der Waals surface area contributed by atoms with Crippen LogP contribution in [0.15, 0.2) is 72.8 Å². The molecular weight excluding hydrogens is 355 g/mol. The van der Waals surface area contributed by atoms with Gasteiger partial charge in [0.2, 0.25) is 0 Å². The Labute approximate surface area is 163 Å². The highest BCUT2D eigenvalue weighted by molar-refractivity contribution is 5.95. The van der Waals surface area contributed by atoms with Gasteiger partial charge in [0.25, 0.3) is 0 Å². The van der Waals surface area contributed by atoms with Gasteiger partial charge in [-0.3, -0.25) is 0 Å². The minimum Gasteiger partial charge on any atom is -0.464 e. The van der Waals surface area contributed by atoms with E-state index in [4.69, 9.17) is 4.74 Å². The molecule has 2 atom stereocenters. The fraction of sp³-hybridized carbons (Fsp3) is 0.208. The van der Waals surface area contributed by atoms with Crippen LogP contribution in [0.2, 0.25) is 0 Å². The molecule has 3 nitrogen and oxygen atoms in total. The van der Waals surface area contributed by atoms with E-state index in [2.05, 4.69) is 0 Å². The second-order valence-electron chi connectivity index (χ2n) is 6.50. The van der Waals surface area contributed by atoms with Gasteiger partial charge < -0.3 is 4.74 Å². The van der Waals surface area contributed by atoms with Crippen molar-refractivity contribution in [3.63, 3.8) is 0 Å². The van der Waals surface area contributed by atoms with Crippen molar-refractivity contribution in [3.05, 3.63) is 83.9 Å². The van der Waals surface area contributed by atoms with Gasteiger partial charge in [0.1, 0.15) is 5.94 Å². The molecule has 0 amide bonds. The summed E-state index contributed by atoms with van der Waals surface area (Å²) in [4.78, 5) is 23.8. The third-order valence-electron chi connectivity index (χ3n) is 4.71. The zero-order valence-electron chi connectivity index (χ0n) is 15.6. The van der Waals surface area contributed by atoms with Crippen LogP contribution in [-0.4, -0.2) is 24.7 Å². The average molecular weight is 376 g/mol. The maximum absolute atomic E-state index is 14.6. The summed E-state index contributed by atoms with van der Waals surface area (Å²) in [5.74, 6) is 0.484. The van der Waals surface area contributed by atoms with E-state index in [1.54, 1.807) is 6.92 Å². The number of hydrogen-bond donors (Lipinski definition) is 0. The van der Waals surface area contributed by atoms with Crippen molar-refractivity contribution >= 4 is 28.3 Å². The number of esters is 1. The van der Waals surface area contributed by atoms with Crippen LogP contribution in [0.1, 0.15) is 30.4 Å². The lowest BCUT2D eigenvalue weighted by molar-refractivity contribution is -0.149. The van der Waals surface area contributed by atoms with Gasteiger partial charge in [0, 0.05) is 12.3 Å². The van der Waals surface area contributed by atoms with E-state index in [0.717, 1.165) is 16.3 Å². The van der Waals surface area contributed by atoms with Crippen molar-refractivity contribution in [1.29, 1.82) is 0 Å². The first kappa shape index (κ1) is 19.5. The lowest BCUT2D eigenvalue weighted by atomic mass is 9.83. The van der Waals surface area contributed by atoms with Gasteiger partial charge >= 0.3 is 5.97 Å². The molecule has 0 fully saturated rings. The molecule has 28 heavy (non-hydrogen) atoms. The molecule has 3 rings (SSSR count). The first-order valence-corrected chi connectivity index (χ1v) is 9.23. The van der Waals surface area contributed by atoms with Crippen LogP contribution in [0.4, 0.5) is 4.39 Å². The number of alkyl halides is 1. The summed E-state index contributed by atoms with van der Waals surface area (Å²) in [6, 6.07) is 22.6. The van der Waals surface area contributed by atoms with Gasteiger partial charge in [0.05, 0.1) is 12.2 Å². The Balaban J connectivity index is 2.01. The number of ether oxygens (including phenoxy) is 1. The number of carbonyl (C=O) groups is 1. The molecule has 0 bridgehead atoms. The van der Waals surface area contributed by atoms with Crippen LogP contribution in [-0.2, 0) is 14.3 Å². The van der Waals surface area contributed by atoms with Crippen molar-refractivity contribution < 1.29 is 18.7 Å². The molecular formula is C24H21FO3. The highest BCUT2D eigenvalue weighted by Gasteiger charge is 2.28. The predicted octanol–water partition coefficient (Wildman–Crippen LogP) is 5.13. The molecule has 4 heteroatoms. The lowest BCUT2D eigenvalue weighted by Crippen LogP contribution is -2.22. The minimum atomic E-state index is -1.83. The number of carbonyl (C=O) groups excluding carboxylic acids is 2. The Kier molecular flexibility index (Phi) is 6.36. The molecule has 142 valence electrons. The summed E-state index contributed by atoms with van der Waals surface area (Å²) in [5, 5.41) is 2.02. The summed E-state index contributed by atoms with van der Waals surface area (Å²) in [6.07, 6.45) is -2.01. The van der Waals surface area contributed by atoms with Gasteiger partial charge in [-0.2, -0.15) is 0 Å². The molecule has 0 saturated carbocycles. The number of benzene rings is 3. The molecule has 0 aliphatic carbocycles. The normalized spacial score (nSPS) is 12.8. The van der Waals surface area contributed by atoms with Crippen molar-refractivity contribution in [2.45, 2.75) is 25.4 Å². The summed E-state index contributed by atoms with van der Waals surface area (Å²) in [7, 11) is 0. The zero-order chi connectivity index (χ0) is 19.9. The Morgan fingerprint density at radius 3 is 2.36 bits per heavy atom. The highest BCUT2D eigenvalue weighted by atomic mass is 19.1. The second-order valence-corrected chi connectivity index (χ2v) is 6.50. The van der Waals surface area contributed by atoms with Crippen LogP contribution in [0, 0.1) is 0 Å². The SMILES string of the molecule is CCOC(=O)[C@@H](F)CC(C(=C=O)c1ccc2ccccc2c1)c1ccccc1. The van der Waals surface area contributed by atoms with Crippen molar-refractivity contribution in [2.75, 3.05) is 6.61 Å². The Hall–Kier alpha value is -3.23. The fourth-order valence-electron chi connectivity index (χ4n) is 3.33. The highest BCUT2D eigenvalue weighted by Crippen LogP contribution is 2.36. The number of hydrogen-bond acceptors (Lipinski definition) is 3. The van der Waals surface area contributed by atoms with Gasteiger partial charge in [-0.25, -0.2) is 14.0 Å². The summed E-state index contributed by atoms with van der Waals surface area (Å²) >= 11 is 0. The van der Waals surface area contributed by atoms with E-state index in [0.29, 0.717) is 11.1 Å². The summed E-state index contributed by atoms with van der Waals surface area (Å²) in [6.45, 7) is 1.74. The number of rotatable bonds is 7. The van der Waals surface area contributed by atoms with Crippen molar-refractivity contribution in [3.8, 4) is 0 Å². The topological polar surface area (TPSA) is 43.4 Å². The molecule has 0 spiro atoms. The lowest BCUT2D eigenvalue weighted by Gasteiger charge is -2.20. The predicted molar refractivity (Wildman–Crippen MR) is 108 cm³/mol. The van der Waals surface area contributed by atoms with Gasteiger partial charge in [-0.1, -0.05) is 66.7 Å². The number of allylic oxidation sites excluding steroid dienone is 1. The van der Waals surface area contributed by atoms with Crippen LogP contribution in [0.25, 0.3) is 16.3 Å². The zero-order valence-corrected chi connectivity index (χ0v) is 15.6. The van der Waals surface area contributed by atoms with E-state index < -0.39 is 18.1 Å². The van der Waals surface area contributed by atoms with E-state index in [9.17, 15) is 14.0 Å². The van der Waals surface area contributed by atoms with E-state index >= 15 is 0 Å². The molecule has 3 aromatic rings. The molecule has 0 aliphatic heterocycles. The molecule has 0 aromatic heterocycles. The maximum Gasteiger partial charge on any atom is 0.340 e. The first-order valence-electron chi connectivity index (χ1n) is 9.23. The monoisotopic (exact) mass is 376 g/mol. The largest absolute Gasteiger partial charge is 0.464 e. The fourth-order valence-corrected chi connectivity index (χ4v) is 3.33. The van der Waals surface area contributed by atoms with E-state index in [-0.39, 0.29) is 13.0 Å². The molecule has 1 unspecified atom stereocenters. The van der Waals surface area contributed by atoms with Crippen molar-refractivity contribution in [2.24, 2.45) is 0 Å². The quantitative estimate of drug-likeness (QED) is 0.424. The third-order valence-corrected chi connectivity index (χ3v) is 4.71. The van der Waals surface area contributed by atoms with Crippen LogP contribution in [0.3, 0.4) is 0 Å². The minimum absolute atomic E-state index is 0.107. The van der Waals surface area contributed by atoms with Gasteiger partial charge in [-0.05, 0) is 34.9 Å². The summed E-state index contributed by atoms with van der Waals surface area (Å²) < 4.78 is 19.4. The standard InChI is InChI=1S/C24H21FO3/c1-2-28-24(27)23(25)15-21(18-9-4-3-5-10-18)22(16-26)20-13-12-17-8-6-7-11-19(17)14-20/h3-14,21,23H,2,15H2,1H3/t21?,23-/m0/s1. The van der Waals surface area contributed by atoms with Gasteiger partial charge in [-0.15, -0.1) is 0 Å². The molecule has 0 N–H and O–H groups in total. The van der Waals surface area contributed by atoms with Crippen LogP contribution < -0.4 is 0 Å². The molecule has 3 aromatic carbocycles. The number of fused-ring (bicyclic) bond motifs is 1. The smallest absolute Gasteiger partial charge is 0.340 e. The maximum atomic E-state index is 14.6. The Morgan fingerprint density at radius 1 is 1.00 bits per heavy atom. The van der Waals surface area contributed by atoms with Crippen LogP contribution in [0.5, 0.6) is 0 Å². The van der Waals surface area contributed by atoms with Crippen LogP contribution >= 0.6 is 0 Å². The van der Waals surface area contributed by atoms with Crippen molar-refractivity contribution in [1.82, 2.24) is 0 Å². The average Bonchev–Trinajstić information content (AvgIpc) is 2.74. The third kappa shape index (κ3) is 4.36. The van der Waals surface area contributed by atoms with Gasteiger partial charge in [0.15, 0.2) is 6.17 Å².